The smallest absolute Gasteiger partial charge is 0.399 e. The van der Waals surface area contributed by atoms with Crippen LogP contribution in [0, 0.1) is 35.3 Å². The van der Waals surface area contributed by atoms with Crippen LogP contribution in [0.1, 0.15) is 109 Å². The van der Waals surface area contributed by atoms with Gasteiger partial charge in [-0.15, -0.1) is 13.2 Å². The Kier molecular flexibility index (Phi) is 11.6. The molecule has 2 aliphatic rings. The Bertz CT molecular complexity index is 779. The Morgan fingerprint density at radius 2 is 1.31 bits per heavy atom. The van der Waals surface area contributed by atoms with E-state index in [9.17, 15) is 22.0 Å². The quantitative estimate of drug-likeness (QED) is 0.153. The van der Waals surface area contributed by atoms with Crippen LogP contribution in [0.15, 0.2) is 24.3 Å². The number of halogens is 5. The molecule has 0 atom stereocenters. The molecule has 0 aromatic heterocycles. The first-order chi connectivity index (χ1) is 17.2. The van der Waals surface area contributed by atoms with Crippen molar-refractivity contribution in [2.45, 2.75) is 116 Å². The van der Waals surface area contributed by atoms with E-state index in [4.69, 9.17) is 0 Å². The number of benzene rings is 1. The van der Waals surface area contributed by atoms with Crippen molar-refractivity contribution in [2.75, 3.05) is 0 Å². The number of hydrogen-bond acceptors (Lipinski definition) is 1. The fourth-order valence-electron chi connectivity index (χ4n) is 6.33. The van der Waals surface area contributed by atoms with Crippen LogP contribution in [0.4, 0.5) is 22.0 Å². The van der Waals surface area contributed by atoms with E-state index in [0.29, 0.717) is 17.9 Å². The number of unbranched alkanes of at least 4 members (excludes halogenated alkanes) is 3. The summed E-state index contributed by atoms with van der Waals surface area (Å²) in [5.74, 6) is -0.896. The molecule has 0 amide bonds. The monoisotopic (exact) mass is 514 g/mol. The maximum absolute atomic E-state index is 14.0. The Hall–Kier alpha value is -1.59. The van der Waals surface area contributed by atoms with Gasteiger partial charge >= 0.3 is 6.36 Å². The molecule has 1 nitrogen and oxygen atoms in total. The summed E-state index contributed by atoms with van der Waals surface area (Å²) in [6.07, 6.45) is 18.7. The number of rotatable bonds is 12. The van der Waals surface area contributed by atoms with Gasteiger partial charge < -0.3 is 4.74 Å². The van der Waals surface area contributed by atoms with Gasteiger partial charge in [-0.3, -0.25) is 0 Å². The molecule has 0 bridgehead atoms. The summed E-state index contributed by atoms with van der Waals surface area (Å²) in [4.78, 5) is 0. The maximum atomic E-state index is 14.0. The lowest BCUT2D eigenvalue weighted by molar-refractivity contribution is -0.276. The molecule has 0 aliphatic heterocycles. The molecule has 0 heterocycles. The van der Waals surface area contributed by atoms with Crippen LogP contribution in [0.3, 0.4) is 0 Å². The molecule has 0 N–H and O–H groups in total. The number of ether oxygens (including phenoxy) is 1. The zero-order chi connectivity index (χ0) is 26.0. The second kappa shape index (κ2) is 14.4. The SMILES string of the molecule is CCC/C=C/CCCCC1CCC(C2CCC(CCc3cc(F)c(OC(F)(F)F)c(F)c3)CC2)CC1. The molecule has 1 aromatic rings. The van der Waals surface area contributed by atoms with Gasteiger partial charge in [0.05, 0.1) is 0 Å². The first-order valence-electron chi connectivity index (χ1n) is 14.1. The Balaban J connectivity index is 1.32. The molecular formula is C30H43F5O. The topological polar surface area (TPSA) is 9.23 Å². The van der Waals surface area contributed by atoms with E-state index < -0.39 is 23.7 Å². The largest absolute Gasteiger partial charge is 0.573 e. The van der Waals surface area contributed by atoms with Crippen LogP contribution in [-0.2, 0) is 6.42 Å². The second-order valence-electron chi connectivity index (χ2n) is 11.1. The van der Waals surface area contributed by atoms with Crippen LogP contribution in [-0.4, -0.2) is 6.36 Å². The average Bonchev–Trinajstić information content (AvgIpc) is 2.85. The van der Waals surface area contributed by atoms with E-state index in [-0.39, 0.29) is 0 Å². The number of hydrogen-bond donors (Lipinski definition) is 0. The summed E-state index contributed by atoms with van der Waals surface area (Å²) in [6.45, 7) is 2.21. The molecule has 6 heteroatoms. The molecule has 0 radical (unpaired) electrons. The minimum atomic E-state index is -5.12. The molecular weight excluding hydrogens is 471 g/mol. The lowest BCUT2D eigenvalue weighted by Gasteiger charge is -2.38. The van der Waals surface area contributed by atoms with E-state index in [1.807, 2.05) is 0 Å². The van der Waals surface area contributed by atoms with Crippen LogP contribution in [0.25, 0.3) is 0 Å². The molecule has 2 fully saturated rings. The van der Waals surface area contributed by atoms with Crippen molar-refractivity contribution in [3.05, 3.63) is 41.5 Å². The molecule has 3 rings (SSSR count). The van der Waals surface area contributed by atoms with Crippen molar-refractivity contribution in [3.8, 4) is 5.75 Å². The molecule has 204 valence electrons. The van der Waals surface area contributed by atoms with E-state index in [1.54, 1.807) is 0 Å². The molecule has 36 heavy (non-hydrogen) atoms. The summed E-state index contributed by atoms with van der Waals surface area (Å²) in [5.41, 5.74) is 0.386. The van der Waals surface area contributed by atoms with Crippen molar-refractivity contribution in [3.63, 3.8) is 0 Å². The van der Waals surface area contributed by atoms with Gasteiger partial charge in [0, 0.05) is 0 Å². The predicted octanol–water partition coefficient (Wildman–Crippen LogP) is 10.3. The average molecular weight is 515 g/mol. The van der Waals surface area contributed by atoms with Crippen molar-refractivity contribution in [1.29, 1.82) is 0 Å². The highest BCUT2D eigenvalue weighted by Gasteiger charge is 2.34. The van der Waals surface area contributed by atoms with Crippen LogP contribution < -0.4 is 4.74 Å². The molecule has 2 aliphatic carbocycles. The molecule has 0 spiro atoms. The van der Waals surface area contributed by atoms with Crippen molar-refractivity contribution in [2.24, 2.45) is 23.7 Å². The lowest BCUT2D eigenvalue weighted by atomic mass is 9.68. The van der Waals surface area contributed by atoms with E-state index in [1.165, 1.54) is 77.0 Å². The summed E-state index contributed by atoms with van der Waals surface area (Å²) < 4.78 is 68.4. The third kappa shape index (κ3) is 9.70. The third-order valence-corrected chi connectivity index (χ3v) is 8.42. The summed E-state index contributed by atoms with van der Waals surface area (Å²) in [6, 6.07) is 1.94. The molecule has 2 saturated carbocycles. The fourth-order valence-corrected chi connectivity index (χ4v) is 6.33. The van der Waals surface area contributed by atoms with Gasteiger partial charge in [-0.05, 0) is 99.2 Å². The zero-order valence-electron chi connectivity index (χ0n) is 21.7. The van der Waals surface area contributed by atoms with E-state index in [2.05, 4.69) is 23.8 Å². The van der Waals surface area contributed by atoms with Crippen molar-refractivity contribution >= 4 is 0 Å². The van der Waals surface area contributed by atoms with Gasteiger partial charge in [-0.25, -0.2) is 8.78 Å². The van der Waals surface area contributed by atoms with Gasteiger partial charge in [-0.2, -0.15) is 0 Å². The first-order valence-corrected chi connectivity index (χ1v) is 14.1. The Morgan fingerprint density at radius 3 is 1.83 bits per heavy atom. The molecule has 0 unspecified atom stereocenters. The van der Waals surface area contributed by atoms with Gasteiger partial charge in [0.1, 0.15) is 0 Å². The summed E-state index contributed by atoms with van der Waals surface area (Å²) >= 11 is 0. The van der Waals surface area contributed by atoms with E-state index >= 15 is 0 Å². The summed E-state index contributed by atoms with van der Waals surface area (Å²) in [7, 11) is 0. The number of alkyl halides is 3. The predicted molar refractivity (Wildman–Crippen MR) is 135 cm³/mol. The minimum Gasteiger partial charge on any atom is -0.399 e. The van der Waals surface area contributed by atoms with Crippen LogP contribution in [0.2, 0.25) is 0 Å². The maximum Gasteiger partial charge on any atom is 0.573 e. The first kappa shape index (κ1) is 29.0. The van der Waals surface area contributed by atoms with Gasteiger partial charge in [0.25, 0.3) is 0 Å². The van der Waals surface area contributed by atoms with Gasteiger partial charge in [-0.1, -0.05) is 64.0 Å². The number of allylic oxidation sites excluding steroid dienone is 2. The minimum absolute atomic E-state index is 0.386. The zero-order valence-corrected chi connectivity index (χ0v) is 21.7. The Morgan fingerprint density at radius 1 is 0.778 bits per heavy atom. The standard InChI is InChI=1S/C30H43F5O/c1-2-3-4-5-6-7-8-9-22-12-16-25(17-13-22)26-18-14-23(15-19-26)10-11-24-20-27(31)29(28(32)21-24)36-30(33,34)35/h4-5,20-23,25-26H,2-3,6-19H2,1H3/b5-4+. The van der Waals surface area contributed by atoms with Gasteiger partial charge in [0.2, 0.25) is 5.75 Å². The van der Waals surface area contributed by atoms with Crippen molar-refractivity contribution in [1.82, 2.24) is 0 Å². The Labute approximate surface area is 213 Å². The highest BCUT2D eigenvalue weighted by molar-refractivity contribution is 5.31. The van der Waals surface area contributed by atoms with Crippen LogP contribution >= 0.6 is 0 Å². The molecule has 0 saturated heterocycles. The van der Waals surface area contributed by atoms with Gasteiger partial charge in [0.15, 0.2) is 11.6 Å². The highest BCUT2D eigenvalue weighted by Crippen LogP contribution is 2.43. The van der Waals surface area contributed by atoms with Crippen molar-refractivity contribution < 1.29 is 26.7 Å². The second-order valence-corrected chi connectivity index (χ2v) is 11.1. The third-order valence-electron chi connectivity index (χ3n) is 8.42. The van der Waals surface area contributed by atoms with Crippen LogP contribution in [0.5, 0.6) is 5.75 Å². The summed E-state index contributed by atoms with van der Waals surface area (Å²) in [5, 5.41) is 0. The lowest BCUT2D eigenvalue weighted by Crippen LogP contribution is -2.26. The fraction of sp³-hybridized carbons (Fsp3) is 0.733. The van der Waals surface area contributed by atoms with E-state index in [0.717, 1.165) is 49.1 Å². The molecule has 1 aromatic carbocycles. The highest BCUT2D eigenvalue weighted by atomic mass is 19.4. The number of aryl methyl sites for hydroxylation is 1. The normalized spacial score (nSPS) is 25.4.